The van der Waals surface area contributed by atoms with Crippen LogP contribution in [-0.2, 0) is 135 Å². The summed E-state index contributed by atoms with van der Waals surface area (Å²) in [4.78, 5) is 0. The zero-order valence-electron chi connectivity index (χ0n) is 67.1. The van der Waals surface area contributed by atoms with Gasteiger partial charge in [0.1, 0.15) is 5.82 Å². The molecule has 120 heavy (non-hydrogen) atoms. The van der Waals surface area contributed by atoms with Crippen LogP contribution in [0.15, 0.2) is 231 Å². The SMILES string of the molecule is CC(C)(C)c1ccc(-n2c(-c3[c-]cccc3)nnc2C(C)(F)F)cc1.CC(F)(F)c1nnc(-c2[c-]cc(F)cc2)n1-c1ccccc1.Cc1cccc(C)c1-n1c(-c2[c-]cccc2)nnc1C(C)(F)F.Cc1cccc(C)c1-n1c(-c2[c-]cccc2)nnc1C(F)(F)F.Cc1nnc(-c2[c-]cccc2)n1-c1ccc(C(C)(C)C)cc1.[Ir].[Ir].[Ir].[Ir].[Ir]. The van der Waals surface area contributed by atoms with Gasteiger partial charge in [-0.15, -0.1) is 199 Å². The van der Waals surface area contributed by atoms with Gasteiger partial charge in [-0.2, -0.15) is 65.0 Å². The van der Waals surface area contributed by atoms with Crippen molar-refractivity contribution in [3.05, 3.63) is 329 Å². The van der Waals surface area contributed by atoms with Gasteiger partial charge in [-0.25, -0.2) is 0 Å². The summed E-state index contributed by atoms with van der Waals surface area (Å²) < 4.78 is 144. The van der Waals surface area contributed by atoms with Crippen LogP contribution in [0, 0.1) is 70.8 Å². The van der Waals surface area contributed by atoms with Crippen molar-refractivity contribution in [2.24, 2.45) is 0 Å². The second kappa shape index (κ2) is 41.8. The third-order valence-corrected chi connectivity index (χ3v) is 18.0. The van der Waals surface area contributed by atoms with Crippen molar-refractivity contribution >= 4 is 0 Å². The normalized spacial score (nSPS) is 11.3. The maximum atomic E-state index is 14.1. The Morgan fingerprint density at radius 1 is 0.267 bits per heavy atom. The van der Waals surface area contributed by atoms with Gasteiger partial charge in [-0.3, -0.25) is 4.39 Å². The van der Waals surface area contributed by atoms with Gasteiger partial charge < -0.3 is 22.8 Å². The standard InChI is InChI=1S/C20H20F2N3.C19H20N3.C18H16F2N3.C17H13F3N3.C16H11F3N3.5Ir/c1-19(2,3)15-10-12-16(13-11-15)25-17(14-8-6-5-7-9-14)23-24-18(25)20(4,21)22;1-14-20-21-18(15-8-6-5-7-9-15)22(14)17-12-10-16(11-13-17)19(2,3)4;1-12-8-7-9-13(2)15(12)23-16(14-10-5-4-6-11-14)21-22-17(23)18(3,19)20;1-11-7-6-8-12(2)14(11)23-15(13-9-4-3-5-10-13)21-22-16(23)17(18,19)20;1-16(18,19)15-21-20-14(11-7-9-12(17)10-8-11)22(15)13-5-3-2-4-6-13;;;;;/h5-8,10-13H,1-4H3;5-8,10-13H,1-4H3;4-10H,1-3H3;3-9H,1-2H3;2-7,9-10H,1H3;;;;;/q5*-1;;;;;. The van der Waals surface area contributed by atoms with E-state index in [9.17, 15) is 43.9 Å². The molecule has 5 radical (unpaired) electrons. The number of hydrogen-bond acceptors (Lipinski definition) is 10. The molecular formula is C90H80F10Ir5N15-5. The van der Waals surface area contributed by atoms with Crippen LogP contribution >= 0.6 is 0 Å². The van der Waals surface area contributed by atoms with Crippen molar-refractivity contribution in [3.8, 4) is 85.4 Å². The summed E-state index contributed by atoms with van der Waals surface area (Å²) in [6, 6.07) is 83.3. The molecule has 15 nitrogen and oxygen atoms in total. The Morgan fingerprint density at radius 2 is 0.550 bits per heavy atom. The molecule has 30 heteroatoms. The van der Waals surface area contributed by atoms with E-state index in [0.29, 0.717) is 67.8 Å². The van der Waals surface area contributed by atoms with E-state index in [4.69, 9.17) is 0 Å². The fourth-order valence-corrected chi connectivity index (χ4v) is 12.4. The zero-order valence-corrected chi connectivity index (χ0v) is 79.1. The van der Waals surface area contributed by atoms with E-state index >= 15 is 0 Å². The van der Waals surface area contributed by atoms with Crippen LogP contribution in [0.3, 0.4) is 0 Å². The molecule has 0 saturated carbocycles. The first kappa shape index (κ1) is 99.3. The van der Waals surface area contributed by atoms with E-state index in [1.54, 1.807) is 111 Å². The van der Waals surface area contributed by atoms with Gasteiger partial charge in [0.05, 0.1) is 29.1 Å². The summed E-state index contributed by atoms with van der Waals surface area (Å²) in [5, 5.41) is 38.7. The molecule has 15 rings (SSSR count). The van der Waals surface area contributed by atoms with E-state index < -0.39 is 41.4 Å². The molecule has 0 aliphatic rings. The first-order valence-corrected chi connectivity index (χ1v) is 36.3. The van der Waals surface area contributed by atoms with E-state index in [0.717, 1.165) is 71.0 Å². The molecule has 0 bridgehead atoms. The van der Waals surface area contributed by atoms with Crippen LogP contribution in [0.1, 0.15) is 125 Å². The van der Waals surface area contributed by atoms with Gasteiger partial charge in [-0.1, -0.05) is 120 Å². The average Bonchev–Trinajstić information content (AvgIpc) is 1.55. The van der Waals surface area contributed by atoms with E-state index in [1.165, 1.54) is 31.4 Å². The topological polar surface area (TPSA) is 154 Å². The van der Waals surface area contributed by atoms with Crippen LogP contribution in [0.5, 0.6) is 0 Å². The Bertz CT molecular complexity index is 5560. The molecule has 15 aromatic rings. The van der Waals surface area contributed by atoms with Crippen LogP contribution in [0.4, 0.5) is 43.9 Å². The minimum atomic E-state index is -4.60. The first-order chi connectivity index (χ1) is 54.4. The largest absolute Gasteiger partial charge is 0.451 e. The van der Waals surface area contributed by atoms with Gasteiger partial charge in [-0.05, 0) is 115 Å². The van der Waals surface area contributed by atoms with Crippen LogP contribution in [0.25, 0.3) is 85.4 Å². The maximum Gasteiger partial charge on any atom is 0.451 e. The van der Waals surface area contributed by atoms with Crippen LogP contribution in [-0.4, -0.2) is 73.8 Å². The molecule has 10 aromatic carbocycles. The minimum absolute atomic E-state index is 0. The number of nitrogens with zero attached hydrogens (tertiary/aromatic N) is 15. The average molecular weight is 2520 g/mol. The van der Waals surface area contributed by atoms with Gasteiger partial charge in [0.2, 0.25) is 5.82 Å². The molecule has 5 heterocycles. The number of halogens is 10. The summed E-state index contributed by atoms with van der Waals surface area (Å²) in [6.07, 6.45) is -4.60. The third-order valence-electron chi connectivity index (χ3n) is 18.0. The second-order valence-corrected chi connectivity index (χ2v) is 29.2. The van der Waals surface area contributed by atoms with E-state index in [1.807, 2.05) is 112 Å². The molecular weight excluding hydrogens is 2440 g/mol. The number of aryl methyl sites for hydroxylation is 5. The predicted molar refractivity (Wildman–Crippen MR) is 423 cm³/mol. The molecule has 0 aliphatic carbocycles. The molecule has 0 amide bonds. The second-order valence-electron chi connectivity index (χ2n) is 29.2. The quantitative estimate of drug-likeness (QED) is 0.0805. The Balaban J connectivity index is 0.000000230. The molecule has 5 aromatic heterocycles. The van der Waals surface area contributed by atoms with Gasteiger partial charge in [0.15, 0.2) is 17.5 Å². The molecule has 0 aliphatic heterocycles. The number of hydrogen-bond donors (Lipinski definition) is 0. The molecule has 0 N–H and O–H groups in total. The Kier molecular flexibility index (Phi) is 34.6. The van der Waals surface area contributed by atoms with Crippen molar-refractivity contribution in [2.75, 3.05) is 0 Å². The summed E-state index contributed by atoms with van der Waals surface area (Å²) in [6.45, 7) is 24.7. The molecule has 0 atom stereocenters. The van der Waals surface area contributed by atoms with Crippen molar-refractivity contribution in [3.63, 3.8) is 0 Å². The molecule has 635 valence electrons. The van der Waals surface area contributed by atoms with Crippen molar-refractivity contribution in [1.29, 1.82) is 0 Å². The van der Waals surface area contributed by atoms with Crippen LogP contribution < -0.4 is 0 Å². The predicted octanol–water partition coefficient (Wildman–Crippen LogP) is 22.3. The first-order valence-electron chi connectivity index (χ1n) is 36.3. The monoisotopic (exact) mass is 2530 g/mol. The van der Waals surface area contributed by atoms with Gasteiger partial charge in [0.25, 0.3) is 0 Å². The number of alkyl halides is 9. The Hall–Kier alpha value is -9.55. The van der Waals surface area contributed by atoms with Crippen LogP contribution in [0.2, 0.25) is 0 Å². The summed E-state index contributed by atoms with van der Waals surface area (Å²) >= 11 is 0. The van der Waals surface area contributed by atoms with E-state index in [2.05, 4.69) is 152 Å². The van der Waals surface area contributed by atoms with Crippen molar-refractivity contribution in [2.45, 2.75) is 132 Å². The number of benzene rings is 10. The summed E-state index contributed by atoms with van der Waals surface area (Å²) in [5.74, 6) is -9.41. The summed E-state index contributed by atoms with van der Waals surface area (Å²) in [7, 11) is 0. The third kappa shape index (κ3) is 23.8. The fourth-order valence-electron chi connectivity index (χ4n) is 12.4. The number of rotatable bonds is 13. The van der Waals surface area contributed by atoms with Crippen molar-refractivity contribution < 1.29 is 144 Å². The summed E-state index contributed by atoms with van der Waals surface area (Å²) in [5.41, 5.74) is 12.1. The number of aromatic nitrogens is 15. The smallest absolute Gasteiger partial charge is 0.320 e. The molecule has 0 unspecified atom stereocenters. The fraction of sp³-hybridized carbons (Fsp3) is 0.222. The Labute approximate surface area is 758 Å². The Morgan fingerprint density at radius 3 is 0.858 bits per heavy atom. The van der Waals surface area contributed by atoms with Gasteiger partial charge in [0, 0.05) is 156 Å². The molecule has 0 fully saturated rings. The molecule has 0 saturated heterocycles. The minimum Gasteiger partial charge on any atom is -0.320 e. The van der Waals surface area contributed by atoms with Gasteiger partial charge >= 0.3 is 23.9 Å². The molecule has 0 spiro atoms. The van der Waals surface area contributed by atoms with E-state index in [-0.39, 0.29) is 135 Å². The maximum absolute atomic E-state index is 14.1. The number of para-hydroxylation sites is 3. The zero-order chi connectivity index (χ0) is 83.0. The van der Waals surface area contributed by atoms with Crippen molar-refractivity contribution in [1.82, 2.24) is 73.8 Å².